The minimum Gasteiger partial charge on any atom is -0.493 e. The Morgan fingerprint density at radius 3 is 1.96 bits per heavy atom. The maximum absolute atomic E-state index is 13.8. The molecular weight excluding hydrogens is 629 g/mol. The number of para-hydroxylation sites is 1. The van der Waals surface area contributed by atoms with Gasteiger partial charge in [-0.3, -0.25) is 18.4 Å². The van der Waals surface area contributed by atoms with Crippen molar-refractivity contribution in [3.63, 3.8) is 0 Å². The van der Waals surface area contributed by atoms with E-state index in [4.69, 9.17) is 23.0 Å². The molecule has 6 aromatic rings. The zero-order chi connectivity index (χ0) is 32.8. The van der Waals surface area contributed by atoms with Crippen LogP contribution in [0.3, 0.4) is 0 Å². The lowest BCUT2D eigenvalue weighted by atomic mass is 9.88. The number of nitrogens with zero attached hydrogens (tertiary/aromatic N) is 2. The van der Waals surface area contributed by atoms with E-state index in [1.54, 1.807) is 0 Å². The van der Waals surface area contributed by atoms with Crippen LogP contribution >= 0.6 is 7.82 Å². The normalized spacial score (nSPS) is 14.1. The molecule has 1 N–H and O–H groups in total. The van der Waals surface area contributed by atoms with Crippen molar-refractivity contribution >= 4 is 18.9 Å². The van der Waals surface area contributed by atoms with Crippen LogP contribution in [0.1, 0.15) is 11.1 Å². The predicted molar refractivity (Wildman–Crippen MR) is 182 cm³/mol. The third-order valence-electron chi connectivity index (χ3n) is 8.14. The molecule has 1 saturated heterocycles. The molecule has 1 aliphatic rings. The zero-order valence-electron chi connectivity index (χ0n) is 26.1. The number of benzene rings is 4. The highest BCUT2D eigenvalue weighted by Crippen LogP contribution is 2.52. The van der Waals surface area contributed by atoms with Gasteiger partial charge < -0.3 is 19.0 Å². The average Bonchev–Trinajstić information content (AvgIpc) is 3.52. The highest BCUT2D eigenvalue weighted by Gasteiger charge is 2.43. The molecule has 1 aliphatic heterocycles. The van der Waals surface area contributed by atoms with Gasteiger partial charge in [0, 0.05) is 17.4 Å². The van der Waals surface area contributed by atoms with Gasteiger partial charge in [0.1, 0.15) is 12.4 Å². The van der Waals surface area contributed by atoms with Crippen molar-refractivity contribution in [2.75, 3.05) is 26.4 Å². The highest BCUT2D eigenvalue weighted by molar-refractivity contribution is 7.48. The fourth-order valence-electron chi connectivity index (χ4n) is 5.42. The Kier molecular flexibility index (Phi) is 9.34. The van der Waals surface area contributed by atoms with Gasteiger partial charge in [-0.1, -0.05) is 91.0 Å². The molecule has 1 fully saturated rings. The van der Waals surface area contributed by atoms with Crippen molar-refractivity contribution in [3.05, 3.63) is 149 Å². The quantitative estimate of drug-likeness (QED) is 0.121. The Hall–Kier alpha value is -4.83. The van der Waals surface area contributed by atoms with Crippen molar-refractivity contribution in [3.8, 4) is 22.6 Å². The maximum atomic E-state index is 13.8. The molecule has 2 aromatic heterocycles. The van der Waals surface area contributed by atoms with E-state index < -0.39 is 13.2 Å². The number of phosphoric acid groups is 1. The van der Waals surface area contributed by atoms with Gasteiger partial charge in [-0.2, -0.15) is 0 Å². The van der Waals surface area contributed by atoms with Crippen molar-refractivity contribution in [1.82, 2.24) is 14.5 Å². The Labute approximate surface area is 277 Å². The number of aromatic nitrogens is 3. The minimum absolute atomic E-state index is 0.0563. The maximum Gasteiger partial charge on any atom is 0.475 e. The number of ether oxygens (including phenoxy) is 2. The van der Waals surface area contributed by atoms with Crippen LogP contribution in [0.2, 0.25) is 0 Å². The molecule has 7 rings (SSSR count). The fraction of sp³-hybridized carbons (Fsp3) is 0.189. The van der Waals surface area contributed by atoms with E-state index in [-0.39, 0.29) is 32.0 Å². The Balaban J connectivity index is 1.04. The van der Waals surface area contributed by atoms with Crippen molar-refractivity contribution < 1.29 is 27.6 Å². The summed E-state index contributed by atoms with van der Waals surface area (Å²) in [7, 11) is -3.95. The van der Waals surface area contributed by atoms with Gasteiger partial charge in [0.05, 0.1) is 50.2 Å². The summed E-state index contributed by atoms with van der Waals surface area (Å²) in [5, 5.41) is 0.506. The summed E-state index contributed by atoms with van der Waals surface area (Å²) >= 11 is 0. The van der Waals surface area contributed by atoms with Crippen LogP contribution in [0.15, 0.2) is 133 Å². The van der Waals surface area contributed by atoms with E-state index in [1.807, 2.05) is 126 Å². The van der Waals surface area contributed by atoms with Gasteiger partial charge in [-0.25, -0.2) is 9.55 Å². The lowest BCUT2D eigenvalue weighted by Gasteiger charge is -2.40. The fourth-order valence-corrected chi connectivity index (χ4v) is 6.69. The van der Waals surface area contributed by atoms with Gasteiger partial charge >= 0.3 is 7.82 Å². The van der Waals surface area contributed by atoms with E-state index in [0.717, 1.165) is 27.9 Å². The first-order valence-electron chi connectivity index (χ1n) is 15.6. The Bertz CT molecular complexity index is 2020. The first-order chi connectivity index (χ1) is 23.5. The number of rotatable bonds is 14. The molecule has 48 heavy (non-hydrogen) atoms. The highest BCUT2D eigenvalue weighted by atomic mass is 31.2. The molecule has 0 amide bonds. The standard InChI is InChI=1S/C37H34N3O7P/c41-36-34-33(20-40(35(34)38-27-39-36)31-14-8-3-9-15-31)30-16-18-32(19-17-30)44-25-37(23-43-24-37)26-47-48(42,45-21-28-10-4-1-5-11-28)46-22-29-12-6-2-7-13-29/h1-20,27H,21-26H2,(H,38,39,41). The van der Waals surface area contributed by atoms with E-state index in [2.05, 4.69) is 9.97 Å². The molecule has 244 valence electrons. The molecule has 0 atom stereocenters. The molecule has 0 spiro atoms. The summed E-state index contributed by atoms with van der Waals surface area (Å²) in [6.07, 6.45) is 3.34. The summed E-state index contributed by atoms with van der Waals surface area (Å²) in [5.41, 5.74) is 4.03. The molecular formula is C37H34N3O7P. The molecule has 0 radical (unpaired) electrons. The third kappa shape index (κ3) is 7.18. The molecule has 0 aliphatic carbocycles. The van der Waals surface area contributed by atoms with E-state index in [0.29, 0.717) is 30.0 Å². The topological polar surface area (TPSA) is 114 Å². The smallest absolute Gasteiger partial charge is 0.475 e. The molecule has 0 bridgehead atoms. The summed E-state index contributed by atoms with van der Waals surface area (Å²) in [6.45, 7) is 1.21. The Morgan fingerprint density at radius 2 is 1.38 bits per heavy atom. The van der Waals surface area contributed by atoms with E-state index in [9.17, 15) is 9.36 Å². The molecule has 11 heteroatoms. The van der Waals surface area contributed by atoms with Crippen LogP contribution in [0.5, 0.6) is 5.75 Å². The second kappa shape index (κ2) is 14.1. The number of hydrogen-bond acceptors (Lipinski definition) is 8. The van der Waals surface area contributed by atoms with Gasteiger partial charge in [-0.05, 0) is 41.0 Å². The van der Waals surface area contributed by atoms with Crippen LogP contribution in [0, 0.1) is 5.41 Å². The predicted octanol–water partition coefficient (Wildman–Crippen LogP) is 7.33. The van der Waals surface area contributed by atoms with Crippen LogP contribution in [-0.4, -0.2) is 41.0 Å². The van der Waals surface area contributed by atoms with Crippen molar-refractivity contribution in [2.45, 2.75) is 13.2 Å². The summed E-state index contributed by atoms with van der Waals surface area (Å²) in [5.74, 6) is 0.632. The molecule has 10 nitrogen and oxygen atoms in total. The monoisotopic (exact) mass is 663 g/mol. The lowest BCUT2D eigenvalue weighted by Crippen LogP contribution is -2.50. The summed E-state index contributed by atoms with van der Waals surface area (Å²) in [4.78, 5) is 20.1. The number of H-pyrrole nitrogens is 1. The number of phosphoric ester groups is 1. The lowest BCUT2D eigenvalue weighted by molar-refractivity contribution is -0.152. The van der Waals surface area contributed by atoms with Crippen LogP contribution in [0.25, 0.3) is 27.8 Å². The van der Waals surface area contributed by atoms with Gasteiger partial charge in [-0.15, -0.1) is 0 Å². The summed E-state index contributed by atoms with van der Waals surface area (Å²) < 4.78 is 45.0. The third-order valence-corrected chi connectivity index (χ3v) is 9.48. The minimum atomic E-state index is -3.95. The van der Waals surface area contributed by atoms with Gasteiger partial charge in [0.15, 0.2) is 5.65 Å². The summed E-state index contributed by atoms with van der Waals surface area (Å²) in [6, 6.07) is 36.2. The van der Waals surface area contributed by atoms with E-state index >= 15 is 0 Å². The molecule has 0 saturated carbocycles. The number of nitrogens with one attached hydrogen (secondary N) is 1. The SMILES string of the molecule is O=c1[nH]cnc2c1c(-c1ccc(OCC3(COP(=O)(OCc4ccccc4)OCc4ccccc4)COC3)cc1)cn2-c1ccccc1. The van der Waals surface area contributed by atoms with Crippen LogP contribution in [-0.2, 0) is 36.1 Å². The van der Waals surface area contributed by atoms with Crippen LogP contribution < -0.4 is 10.3 Å². The molecule has 3 heterocycles. The first-order valence-corrected chi connectivity index (χ1v) is 17.0. The number of hydrogen-bond donors (Lipinski definition) is 1. The largest absolute Gasteiger partial charge is 0.493 e. The second-order valence-electron chi connectivity index (χ2n) is 11.7. The average molecular weight is 664 g/mol. The Morgan fingerprint density at radius 1 is 0.771 bits per heavy atom. The van der Waals surface area contributed by atoms with Crippen LogP contribution in [0.4, 0.5) is 0 Å². The van der Waals surface area contributed by atoms with Crippen molar-refractivity contribution in [1.29, 1.82) is 0 Å². The molecule has 4 aromatic carbocycles. The zero-order valence-corrected chi connectivity index (χ0v) is 27.0. The van der Waals surface area contributed by atoms with Gasteiger partial charge in [0.25, 0.3) is 5.56 Å². The van der Waals surface area contributed by atoms with E-state index in [1.165, 1.54) is 6.33 Å². The number of aromatic amines is 1. The van der Waals surface area contributed by atoms with Crippen molar-refractivity contribution in [2.24, 2.45) is 5.41 Å². The number of fused-ring (bicyclic) bond motifs is 1. The molecule has 0 unspecified atom stereocenters. The first kappa shape index (κ1) is 31.8. The van der Waals surface area contributed by atoms with Gasteiger partial charge in [0.2, 0.25) is 0 Å². The second-order valence-corrected chi connectivity index (χ2v) is 13.4.